The number of benzene rings is 1. The van der Waals surface area contributed by atoms with Crippen molar-refractivity contribution < 1.29 is 14.3 Å². The smallest absolute Gasteiger partial charge is 0.247 e. The summed E-state index contributed by atoms with van der Waals surface area (Å²) >= 11 is 7.44. The Kier molecular flexibility index (Phi) is 6.36. The van der Waals surface area contributed by atoms with E-state index in [0.717, 1.165) is 22.6 Å². The molecular formula is C20H20ClNO3S. The molecule has 1 aliphatic heterocycles. The van der Waals surface area contributed by atoms with Crippen molar-refractivity contribution in [3.8, 4) is 11.5 Å². The number of carbonyl (C=O) groups is 1. The summed E-state index contributed by atoms with van der Waals surface area (Å²) in [7, 11) is 0. The summed E-state index contributed by atoms with van der Waals surface area (Å²) in [5, 5.41) is 0. The predicted octanol–water partition coefficient (Wildman–Crippen LogP) is 4.79. The van der Waals surface area contributed by atoms with Crippen molar-refractivity contribution in [2.75, 3.05) is 19.8 Å². The Morgan fingerprint density at radius 2 is 2.04 bits per heavy atom. The van der Waals surface area contributed by atoms with Gasteiger partial charge in [0.1, 0.15) is 0 Å². The van der Waals surface area contributed by atoms with Crippen LogP contribution in [0.3, 0.4) is 0 Å². The summed E-state index contributed by atoms with van der Waals surface area (Å²) in [6.07, 6.45) is 5.93. The summed E-state index contributed by atoms with van der Waals surface area (Å²) in [4.78, 5) is 15.3. The Hall–Kier alpha value is -2.24. The normalized spacial score (nSPS) is 13.4. The van der Waals surface area contributed by atoms with Crippen LogP contribution in [-0.2, 0) is 11.3 Å². The van der Waals surface area contributed by atoms with E-state index >= 15 is 0 Å². The first-order valence-electron chi connectivity index (χ1n) is 8.37. The monoisotopic (exact) mass is 389 g/mol. The molecule has 0 radical (unpaired) electrons. The summed E-state index contributed by atoms with van der Waals surface area (Å²) in [5.41, 5.74) is 0.889. The second-order valence-electron chi connectivity index (χ2n) is 5.80. The van der Waals surface area contributed by atoms with Gasteiger partial charge in [-0.25, -0.2) is 0 Å². The highest BCUT2D eigenvalue weighted by Gasteiger charge is 2.12. The third-order valence-electron chi connectivity index (χ3n) is 3.83. The summed E-state index contributed by atoms with van der Waals surface area (Å²) in [6.45, 7) is 6.00. The number of halogens is 1. The van der Waals surface area contributed by atoms with Crippen LogP contribution >= 0.6 is 22.9 Å². The second kappa shape index (κ2) is 8.92. The van der Waals surface area contributed by atoms with Gasteiger partial charge >= 0.3 is 0 Å². The van der Waals surface area contributed by atoms with Crippen molar-refractivity contribution in [3.05, 3.63) is 63.8 Å². The first kappa shape index (κ1) is 18.5. The van der Waals surface area contributed by atoms with Gasteiger partial charge in [0.25, 0.3) is 0 Å². The molecule has 1 aliphatic rings. The number of carbonyl (C=O) groups excluding carboxylic acids is 1. The third-order valence-corrected chi connectivity index (χ3v) is 5.04. The highest BCUT2D eigenvalue weighted by molar-refractivity contribution is 7.16. The number of nitrogens with zero attached hydrogens (tertiary/aromatic N) is 1. The van der Waals surface area contributed by atoms with E-state index in [0.29, 0.717) is 36.4 Å². The fraction of sp³-hybridized carbons (Fsp3) is 0.250. The zero-order valence-corrected chi connectivity index (χ0v) is 15.9. The molecular weight excluding hydrogens is 370 g/mol. The minimum absolute atomic E-state index is 0.0819. The second-order valence-corrected chi connectivity index (χ2v) is 7.60. The minimum Gasteiger partial charge on any atom is -0.490 e. The van der Waals surface area contributed by atoms with Gasteiger partial charge in [0.2, 0.25) is 5.91 Å². The highest BCUT2D eigenvalue weighted by atomic mass is 35.5. The topological polar surface area (TPSA) is 38.8 Å². The average molecular weight is 390 g/mol. The van der Waals surface area contributed by atoms with Crippen LogP contribution < -0.4 is 9.47 Å². The summed E-state index contributed by atoms with van der Waals surface area (Å²) in [6, 6.07) is 9.45. The number of hydrogen-bond acceptors (Lipinski definition) is 4. The minimum atomic E-state index is -0.0819. The zero-order chi connectivity index (χ0) is 18.4. The Morgan fingerprint density at radius 1 is 1.23 bits per heavy atom. The summed E-state index contributed by atoms with van der Waals surface area (Å²) < 4.78 is 12.0. The molecule has 0 aliphatic carbocycles. The molecule has 0 unspecified atom stereocenters. The highest BCUT2D eigenvalue weighted by Crippen LogP contribution is 2.30. The van der Waals surface area contributed by atoms with Gasteiger partial charge in [-0.15, -0.1) is 17.9 Å². The van der Waals surface area contributed by atoms with Crippen molar-refractivity contribution >= 4 is 34.9 Å². The Balaban J connectivity index is 1.70. The molecule has 6 heteroatoms. The zero-order valence-electron chi connectivity index (χ0n) is 14.3. The van der Waals surface area contributed by atoms with E-state index in [1.54, 1.807) is 23.1 Å². The van der Waals surface area contributed by atoms with Gasteiger partial charge in [-0.05, 0) is 35.9 Å². The molecule has 4 nitrogen and oxygen atoms in total. The van der Waals surface area contributed by atoms with Crippen LogP contribution in [0.1, 0.15) is 16.9 Å². The molecule has 0 spiro atoms. The average Bonchev–Trinajstić information content (AvgIpc) is 2.91. The van der Waals surface area contributed by atoms with Crippen molar-refractivity contribution in [3.63, 3.8) is 0 Å². The van der Waals surface area contributed by atoms with E-state index in [-0.39, 0.29) is 5.91 Å². The van der Waals surface area contributed by atoms with E-state index in [2.05, 4.69) is 6.58 Å². The van der Waals surface area contributed by atoms with Gasteiger partial charge in [0.15, 0.2) is 11.5 Å². The van der Waals surface area contributed by atoms with Crippen LogP contribution in [0, 0.1) is 0 Å². The SMILES string of the molecule is C=CCN(Cc1ccc(Cl)s1)C(=O)C=Cc1ccc2c(c1)OCCCO2. The number of hydrogen-bond donors (Lipinski definition) is 0. The van der Waals surface area contributed by atoms with E-state index in [1.807, 2.05) is 30.3 Å². The molecule has 3 rings (SSSR count). The van der Waals surface area contributed by atoms with Crippen molar-refractivity contribution in [2.45, 2.75) is 13.0 Å². The van der Waals surface area contributed by atoms with Crippen LogP contribution in [-0.4, -0.2) is 30.6 Å². The Morgan fingerprint density at radius 3 is 2.77 bits per heavy atom. The Bertz CT molecular complexity index is 815. The summed E-state index contributed by atoms with van der Waals surface area (Å²) in [5.74, 6) is 1.38. The van der Waals surface area contributed by atoms with Gasteiger partial charge in [0.05, 0.1) is 24.1 Å². The molecule has 26 heavy (non-hydrogen) atoms. The number of rotatable bonds is 6. The Labute approximate surface area is 162 Å². The van der Waals surface area contributed by atoms with E-state index in [9.17, 15) is 4.79 Å². The van der Waals surface area contributed by atoms with Crippen molar-refractivity contribution in [1.82, 2.24) is 4.90 Å². The quantitative estimate of drug-likeness (QED) is 0.526. The molecule has 2 heterocycles. The maximum absolute atomic E-state index is 12.6. The van der Waals surface area contributed by atoms with Gasteiger partial charge in [-0.2, -0.15) is 0 Å². The number of thiophene rings is 1. The molecule has 0 atom stereocenters. The van der Waals surface area contributed by atoms with Gasteiger partial charge in [0, 0.05) is 23.9 Å². The first-order chi connectivity index (χ1) is 12.7. The molecule has 0 saturated heterocycles. The first-order valence-corrected chi connectivity index (χ1v) is 9.57. The van der Waals surface area contributed by atoms with Crippen LogP contribution in [0.2, 0.25) is 4.34 Å². The van der Waals surface area contributed by atoms with Crippen molar-refractivity contribution in [2.24, 2.45) is 0 Å². The number of fused-ring (bicyclic) bond motifs is 1. The molecule has 136 valence electrons. The van der Waals surface area contributed by atoms with Gasteiger partial charge in [-0.3, -0.25) is 4.79 Å². The molecule has 0 fully saturated rings. The standard InChI is InChI=1S/C20H20ClNO3S/c1-2-10-22(14-16-6-8-19(21)26-16)20(23)9-5-15-4-7-17-18(13-15)25-12-3-11-24-17/h2,4-9,13H,1,3,10-12,14H2. The van der Waals surface area contributed by atoms with Crippen molar-refractivity contribution in [1.29, 1.82) is 0 Å². The molecule has 0 bridgehead atoms. The third kappa shape index (κ3) is 4.90. The van der Waals surface area contributed by atoms with Crippen LogP contribution in [0.5, 0.6) is 11.5 Å². The van der Waals surface area contributed by atoms with Gasteiger partial charge in [-0.1, -0.05) is 23.7 Å². The lowest BCUT2D eigenvalue weighted by atomic mass is 10.2. The van der Waals surface area contributed by atoms with Crippen LogP contribution in [0.15, 0.2) is 49.1 Å². The van der Waals surface area contributed by atoms with E-state index in [1.165, 1.54) is 11.3 Å². The van der Waals surface area contributed by atoms with E-state index in [4.69, 9.17) is 21.1 Å². The molecule has 2 aromatic rings. The lowest BCUT2D eigenvalue weighted by Crippen LogP contribution is -2.28. The number of ether oxygens (including phenoxy) is 2. The maximum atomic E-state index is 12.6. The lowest BCUT2D eigenvalue weighted by molar-refractivity contribution is -0.126. The largest absolute Gasteiger partial charge is 0.490 e. The fourth-order valence-electron chi connectivity index (χ4n) is 2.57. The van der Waals surface area contributed by atoms with Crippen LogP contribution in [0.4, 0.5) is 0 Å². The van der Waals surface area contributed by atoms with Gasteiger partial charge < -0.3 is 14.4 Å². The molecule has 1 aromatic carbocycles. The van der Waals surface area contributed by atoms with Crippen LogP contribution in [0.25, 0.3) is 6.08 Å². The van der Waals surface area contributed by atoms with E-state index < -0.39 is 0 Å². The molecule has 0 N–H and O–H groups in total. The molecule has 0 saturated carbocycles. The lowest BCUT2D eigenvalue weighted by Gasteiger charge is -2.18. The molecule has 1 aromatic heterocycles. The maximum Gasteiger partial charge on any atom is 0.247 e. The number of amides is 1. The molecule has 1 amide bonds. The predicted molar refractivity (Wildman–Crippen MR) is 106 cm³/mol. The fourth-order valence-corrected chi connectivity index (χ4v) is 3.67.